The Kier molecular flexibility index (Phi) is 5.74. The minimum atomic E-state index is 0.217. The van der Waals surface area contributed by atoms with Gasteiger partial charge in [0.25, 0.3) is 0 Å². The molecular formula is C23H34N4O. The summed E-state index contributed by atoms with van der Waals surface area (Å²) in [5.74, 6) is 0.613. The summed E-state index contributed by atoms with van der Waals surface area (Å²) in [6.45, 7) is 11.3. The fraction of sp³-hybridized carbons (Fsp3) is 0.609. The molecule has 1 aromatic heterocycles. The van der Waals surface area contributed by atoms with E-state index >= 15 is 0 Å². The van der Waals surface area contributed by atoms with E-state index in [0.717, 1.165) is 58.7 Å². The summed E-state index contributed by atoms with van der Waals surface area (Å²) < 4.78 is 2.31. The number of benzene rings is 1. The topological polar surface area (TPSA) is 31.7 Å². The molecule has 0 bridgehead atoms. The van der Waals surface area contributed by atoms with Crippen LogP contribution in [-0.2, 0) is 18.4 Å². The number of hydrogen-bond acceptors (Lipinski definition) is 3. The van der Waals surface area contributed by atoms with Crippen molar-refractivity contribution in [3.8, 4) is 0 Å². The number of piperazine rings is 1. The number of nitrogens with zero attached hydrogens (tertiary/aromatic N) is 4. The molecule has 2 saturated heterocycles. The van der Waals surface area contributed by atoms with E-state index in [1.165, 1.54) is 16.6 Å². The summed E-state index contributed by atoms with van der Waals surface area (Å²) in [5, 5.41) is 1.31. The average Bonchev–Trinajstić information content (AvgIpc) is 3.04. The Morgan fingerprint density at radius 2 is 1.71 bits per heavy atom. The van der Waals surface area contributed by atoms with E-state index < -0.39 is 0 Å². The number of rotatable bonds is 4. The molecule has 4 rings (SSSR count). The Labute approximate surface area is 168 Å². The molecule has 28 heavy (non-hydrogen) atoms. The maximum Gasteiger partial charge on any atom is 0.225 e. The van der Waals surface area contributed by atoms with Gasteiger partial charge in [-0.1, -0.05) is 18.2 Å². The van der Waals surface area contributed by atoms with E-state index in [0.29, 0.717) is 11.9 Å². The highest BCUT2D eigenvalue weighted by atomic mass is 16.2. The van der Waals surface area contributed by atoms with Crippen molar-refractivity contribution < 1.29 is 4.79 Å². The van der Waals surface area contributed by atoms with Crippen molar-refractivity contribution in [2.24, 2.45) is 13.0 Å². The number of aromatic nitrogens is 1. The lowest BCUT2D eigenvalue weighted by Crippen LogP contribution is -2.53. The van der Waals surface area contributed by atoms with E-state index in [2.05, 4.69) is 70.5 Å². The lowest BCUT2D eigenvalue weighted by atomic mass is 9.94. The summed E-state index contributed by atoms with van der Waals surface area (Å²) in [6, 6.07) is 11.5. The van der Waals surface area contributed by atoms with Crippen molar-refractivity contribution in [2.75, 3.05) is 39.3 Å². The number of aryl methyl sites for hydroxylation is 1. The summed E-state index contributed by atoms with van der Waals surface area (Å²) in [4.78, 5) is 20.0. The largest absolute Gasteiger partial charge is 0.346 e. The summed E-state index contributed by atoms with van der Waals surface area (Å²) in [5.41, 5.74) is 2.65. The van der Waals surface area contributed by atoms with Gasteiger partial charge in [0.1, 0.15) is 0 Å². The van der Waals surface area contributed by atoms with Crippen molar-refractivity contribution in [2.45, 2.75) is 39.3 Å². The monoisotopic (exact) mass is 382 g/mol. The number of likely N-dealkylation sites (tertiary alicyclic amines) is 1. The fourth-order valence-electron chi connectivity index (χ4n) is 4.78. The van der Waals surface area contributed by atoms with Crippen LogP contribution in [0.25, 0.3) is 10.9 Å². The Balaban J connectivity index is 1.29. The number of hydrogen-bond donors (Lipinski definition) is 0. The first kappa shape index (κ1) is 19.5. The zero-order chi connectivity index (χ0) is 19.7. The van der Waals surface area contributed by atoms with Crippen LogP contribution < -0.4 is 0 Å². The molecule has 3 heterocycles. The molecule has 0 N–H and O–H groups in total. The van der Waals surface area contributed by atoms with Crippen molar-refractivity contribution in [3.63, 3.8) is 0 Å². The van der Waals surface area contributed by atoms with Crippen LogP contribution in [0, 0.1) is 5.92 Å². The molecule has 5 heteroatoms. The summed E-state index contributed by atoms with van der Waals surface area (Å²) in [6.07, 6.45) is 1.99. The van der Waals surface area contributed by atoms with Gasteiger partial charge in [0.05, 0.1) is 0 Å². The van der Waals surface area contributed by atoms with Gasteiger partial charge in [0.2, 0.25) is 5.91 Å². The van der Waals surface area contributed by atoms with Crippen LogP contribution in [0.5, 0.6) is 0 Å². The molecule has 0 radical (unpaired) electrons. The highest BCUT2D eigenvalue weighted by Crippen LogP contribution is 2.24. The molecule has 0 aliphatic carbocycles. The number of piperidine rings is 1. The summed E-state index contributed by atoms with van der Waals surface area (Å²) >= 11 is 0. The van der Waals surface area contributed by atoms with Crippen molar-refractivity contribution in [3.05, 3.63) is 36.0 Å². The highest BCUT2D eigenvalue weighted by molar-refractivity contribution is 5.81. The van der Waals surface area contributed by atoms with Crippen LogP contribution in [0.15, 0.2) is 30.3 Å². The second-order valence-corrected chi connectivity index (χ2v) is 8.76. The quantitative estimate of drug-likeness (QED) is 0.815. The second-order valence-electron chi connectivity index (χ2n) is 8.76. The Morgan fingerprint density at radius 3 is 2.36 bits per heavy atom. The number of amides is 1. The molecule has 5 nitrogen and oxygen atoms in total. The van der Waals surface area contributed by atoms with Gasteiger partial charge < -0.3 is 9.47 Å². The predicted molar refractivity (Wildman–Crippen MR) is 114 cm³/mol. The van der Waals surface area contributed by atoms with Crippen LogP contribution in [-0.4, -0.2) is 70.5 Å². The molecule has 1 aromatic carbocycles. The molecule has 152 valence electrons. The fourth-order valence-corrected chi connectivity index (χ4v) is 4.78. The number of para-hydroxylation sites is 1. The average molecular weight is 383 g/mol. The first-order valence-corrected chi connectivity index (χ1v) is 10.8. The van der Waals surface area contributed by atoms with E-state index in [-0.39, 0.29) is 5.92 Å². The molecular weight excluding hydrogens is 348 g/mol. The Hall–Kier alpha value is -1.85. The molecule has 0 unspecified atom stereocenters. The third kappa shape index (κ3) is 3.96. The smallest absolute Gasteiger partial charge is 0.225 e. The van der Waals surface area contributed by atoms with Crippen LogP contribution in [0.1, 0.15) is 32.4 Å². The first-order chi connectivity index (χ1) is 13.5. The van der Waals surface area contributed by atoms with Gasteiger partial charge in [-0.05, 0) is 57.3 Å². The lowest BCUT2D eigenvalue weighted by Gasteiger charge is -2.39. The Morgan fingerprint density at radius 1 is 1.04 bits per heavy atom. The molecule has 1 amide bonds. The van der Waals surface area contributed by atoms with E-state index in [4.69, 9.17) is 0 Å². The van der Waals surface area contributed by atoms with E-state index in [9.17, 15) is 4.79 Å². The van der Waals surface area contributed by atoms with Gasteiger partial charge >= 0.3 is 0 Å². The first-order valence-electron chi connectivity index (χ1n) is 10.8. The van der Waals surface area contributed by atoms with Crippen molar-refractivity contribution in [1.82, 2.24) is 19.3 Å². The van der Waals surface area contributed by atoms with Gasteiger partial charge in [-0.15, -0.1) is 0 Å². The van der Waals surface area contributed by atoms with Crippen LogP contribution >= 0.6 is 0 Å². The lowest BCUT2D eigenvalue weighted by molar-refractivity contribution is -0.139. The number of carbonyl (C=O) groups excluding carboxylic acids is 1. The Bertz CT molecular complexity index is 811. The molecule has 2 aliphatic rings. The standard InChI is InChI=1S/C23H34N4O/c1-18(2)26-12-14-27(15-13-26)23(28)19-8-10-25(11-9-19)17-21-16-20-6-4-5-7-22(20)24(21)3/h4-7,16,18-19H,8-15,17H2,1-3H3. The van der Waals surface area contributed by atoms with E-state index in [1.807, 2.05) is 0 Å². The maximum absolute atomic E-state index is 13.0. The van der Waals surface area contributed by atoms with Gasteiger partial charge in [-0.3, -0.25) is 14.6 Å². The van der Waals surface area contributed by atoms with Crippen molar-refractivity contribution >= 4 is 16.8 Å². The van der Waals surface area contributed by atoms with Gasteiger partial charge in [0, 0.05) is 62.9 Å². The normalized spacial score (nSPS) is 20.4. The zero-order valence-corrected chi connectivity index (χ0v) is 17.6. The third-order valence-electron chi connectivity index (χ3n) is 6.73. The molecule has 2 aliphatic heterocycles. The second kappa shape index (κ2) is 8.26. The number of carbonyl (C=O) groups is 1. The molecule has 2 fully saturated rings. The minimum absolute atomic E-state index is 0.217. The SMILES string of the molecule is CC(C)N1CCN(C(=O)C2CCN(Cc3cc4ccccc4n3C)CC2)CC1. The maximum atomic E-state index is 13.0. The van der Waals surface area contributed by atoms with Crippen LogP contribution in [0.2, 0.25) is 0 Å². The zero-order valence-electron chi connectivity index (χ0n) is 17.6. The predicted octanol–water partition coefficient (Wildman–Crippen LogP) is 2.94. The van der Waals surface area contributed by atoms with Gasteiger partial charge in [-0.2, -0.15) is 0 Å². The summed E-state index contributed by atoms with van der Waals surface area (Å²) in [7, 11) is 2.16. The minimum Gasteiger partial charge on any atom is -0.346 e. The van der Waals surface area contributed by atoms with E-state index in [1.54, 1.807) is 0 Å². The van der Waals surface area contributed by atoms with Gasteiger partial charge in [-0.25, -0.2) is 0 Å². The van der Waals surface area contributed by atoms with Gasteiger partial charge in [0.15, 0.2) is 0 Å². The van der Waals surface area contributed by atoms with Crippen LogP contribution in [0.4, 0.5) is 0 Å². The third-order valence-corrected chi connectivity index (χ3v) is 6.73. The molecule has 0 saturated carbocycles. The molecule has 0 atom stereocenters. The number of fused-ring (bicyclic) bond motifs is 1. The molecule has 2 aromatic rings. The van der Waals surface area contributed by atoms with Crippen molar-refractivity contribution in [1.29, 1.82) is 0 Å². The van der Waals surface area contributed by atoms with Crippen LogP contribution in [0.3, 0.4) is 0 Å². The molecule has 0 spiro atoms. The highest BCUT2D eigenvalue weighted by Gasteiger charge is 2.31.